The van der Waals surface area contributed by atoms with Crippen LogP contribution >= 0.6 is 0 Å². The summed E-state index contributed by atoms with van der Waals surface area (Å²) in [6.45, 7) is 0.839. The van der Waals surface area contributed by atoms with Gasteiger partial charge in [0.25, 0.3) is 5.56 Å². The molecule has 0 spiro atoms. The average molecular weight is 313 g/mol. The Kier molecular flexibility index (Phi) is 4.64. The molecule has 0 saturated carbocycles. The van der Waals surface area contributed by atoms with Crippen LogP contribution in [0.3, 0.4) is 0 Å². The van der Waals surface area contributed by atoms with Crippen molar-refractivity contribution in [2.24, 2.45) is 5.11 Å². The van der Waals surface area contributed by atoms with Gasteiger partial charge in [-0.15, -0.1) is 0 Å². The molecule has 0 aliphatic carbocycles. The smallest absolute Gasteiger partial charge is 0.330 e. The van der Waals surface area contributed by atoms with E-state index >= 15 is 0 Å². The van der Waals surface area contributed by atoms with Gasteiger partial charge >= 0.3 is 5.69 Å². The second-order valence-corrected chi connectivity index (χ2v) is 4.90. The number of nitrogens with zero attached hydrogens (tertiary/aromatic N) is 4. The highest BCUT2D eigenvalue weighted by Gasteiger charge is 2.45. The van der Waals surface area contributed by atoms with E-state index in [0.29, 0.717) is 0 Å². The molecule has 2 rings (SSSR count). The van der Waals surface area contributed by atoms with Crippen LogP contribution in [-0.2, 0) is 4.74 Å². The minimum atomic E-state index is -1.54. The zero-order valence-electron chi connectivity index (χ0n) is 11.5. The third-order valence-corrected chi connectivity index (χ3v) is 3.47. The van der Waals surface area contributed by atoms with Crippen molar-refractivity contribution in [3.63, 3.8) is 0 Å². The lowest BCUT2D eigenvalue weighted by Crippen LogP contribution is -2.57. The van der Waals surface area contributed by atoms with Crippen LogP contribution in [0.25, 0.3) is 10.4 Å². The molecule has 5 atom stereocenters. The summed E-state index contributed by atoms with van der Waals surface area (Å²) >= 11 is 0. The van der Waals surface area contributed by atoms with Gasteiger partial charge in [0.05, 0.1) is 18.8 Å². The number of aryl methyl sites for hydroxylation is 1. The molecule has 0 radical (unpaired) electrons. The molecule has 22 heavy (non-hydrogen) atoms. The Bertz CT molecular complexity index is 708. The number of hydrogen-bond acceptors (Lipinski definition) is 7. The fraction of sp³-hybridized carbons (Fsp3) is 0.636. The average Bonchev–Trinajstić information content (AvgIpc) is 2.48. The highest BCUT2D eigenvalue weighted by atomic mass is 16.5. The monoisotopic (exact) mass is 313 g/mol. The number of aromatic amines is 1. The lowest BCUT2D eigenvalue weighted by Gasteiger charge is -2.40. The van der Waals surface area contributed by atoms with Gasteiger partial charge in [-0.2, -0.15) is 0 Å². The zero-order chi connectivity index (χ0) is 16.4. The standard InChI is InChI=1S/C11H15N5O6/c1-4-2-16(11(21)13-9(4)20)10-8(19)6(14-15-12)7(18)5(3-17)22-10/h2,5-8,10,17-19H,3H2,1H3,(H,13,20,21)/t5-,6+,7-,8-,10-/m1/s1. The van der Waals surface area contributed by atoms with E-state index in [-0.39, 0.29) is 5.56 Å². The Morgan fingerprint density at radius 2 is 2.14 bits per heavy atom. The van der Waals surface area contributed by atoms with Gasteiger partial charge in [0.15, 0.2) is 6.23 Å². The first kappa shape index (κ1) is 16.2. The molecule has 0 aromatic carbocycles. The van der Waals surface area contributed by atoms with Gasteiger partial charge in [-0.05, 0) is 12.5 Å². The third-order valence-electron chi connectivity index (χ3n) is 3.47. The first-order chi connectivity index (χ1) is 10.4. The van der Waals surface area contributed by atoms with Crippen LogP contribution in [0.2, 0.25) is 0 Å². The number of aliphatic hydroxyl groups excluding tert-OH is 3. The molecule has 2 heterocycles. The second-order valence-electron chi connectivity index (χ2n) is 4.90. The number of H-pyrrole nitrogens is 1. The van der Waals surface area contributed by atoms with Crippen molar-refractivity contribution >= 4 is 0 Å². The topological polar surface area (TPSA) is 174 Å². The molecule has 0 amide bonds. The van der Waals surface area contributed by atoms with Crippen molar-refractivity contribution < 1.29 is 20.1 Å². The van der Waals surface area contributed by atoms with E-state index in [1.165, 1.54) is 13.1 Å². The summed E-state index contributed by atoms with van der Waals surface area (Å²) in [5.74, 6) is 0. The first-order valence-electron chi connectivity index (χ1n) is 6.39. The Morgan fingerprint density at radius 3 is 2.73 bits per heavy atom. The first-order valence-corrected chi connectivity index (χ1v) is 6.39. The number of azide groups is 1. The molecule has 11 nitrogen and oxygen atoms in total. The minimum Gasteiger partial charge on any atom is -0.394 e. The molecule has 120 valence electrons. The van der Waals surface area contributed by atoms with E-state index in [2.05, 4.69) is 10.0 Å². The van der Waals surface area contributed by atoms with Gasteiger partial charge in [0.1, 0.15) is 12.2 Å². The van der Waals surface area contributed by atoms with Crippen molar-refractivity contribution in [3.8, 4) is 0 Å². The highest BCUT2D eigenvalue weighted by Crippen LogP contribution is 2.29. The third kappa shape index (κ3) is 2.75. The van der Waals surface area contributed by atoms with Crippen LogP contribution in [0.1, 0.15) is 11.8 Å². The summed E-state index contributed by atoms with van der Waals surface area (Å²) in [5.41, 5.74) is 7.29. The molecule has 0 bridgehead atoms. The minimum absolute atomic E-state index is 0.197. The fourth-order valence-corrected chi connectivity index (χ4v) is 2.28. The number of nitrogens with one attached hydrogen (secondary N) is 1. The summed E-state index contributed by atoms with van der Waals surface area (Å²) in [7, 11) is 0. The van der Waals surface area contributed by atoms with Crippen LogP contribution in [0.15, 0.2) is 20.9 Å². The van der Waals surface area contributed by atoms with Crippen LogP contribution in [0.5, 0.6) is 0 Å². The van der Waals surface area contributed by atoms with Crippen LogP contribution < -0.4 is 11.2 Å². The largest absolute Gasteiger partial charge is 0.394 e. The fourth-order valence-electron chi connectivity index (χ4n) is 2.28. The van der Waals surface area contributed by atoms with E-state index in [1.807, 2.05) is 4.98 Å². The Hall–Kier alpha value is -2.17. The van der Waals surface area contributed by atoms with Gasteiger partial charge in [0, 0.05) is 16.7 Å². The van der Waals surface area contributed by atoms with Gasteiger partial charge in [-0.25, -0.2) is 4.79 Å². The normalized spacial score (nSPS) is 31.5. The van der Waals surface area contributed by atoms with E-state index in [1.54, 1.807) is 0 Å². The van der Waals surface area contributed by atoms with Crippen molar-refractivity contribution in [2.45, 2.75) is 37.5 Å². The maximum atomic E-state index is 11.9. The summed E-state index contributed by atoms with van der Waals surface area (Å²) < 4.78 is 6.22. The second kappa shape index (κ2) is 6.30. The predicted octanol–water partition coefficient (Wildman–Crippen LogP) is -1.86. The summed E-state index contributed by atoms with van der Waals surface area (Å²) in [5, 5.41) is 32.6. The number of hydrogen-bond donors (Lipinski definition) is 4. The van der Waals surface area contributed by atoms with Crippen molar-refractivity contribution in [3.05, 3.63) is 43.0 Å². The van der Waals surface area contributed by atoms with E-state index < -0.39 is 48.4 Å². The van der Waals surface area contributed by atoms with Crippen LogP contribution in [0.4, 0.5) is 0 Å². The summed E-state index contributed by atoms with van der Waals surface area (Å²) in [4.78, 5) is 27.8. The van der Waals surface area contributed by atoms with Crippen LogP contribution in [-0.4, -0.2) is 55.8 Å². The molecule has 4 N–H and O–H groups in total. The quantitative estimate of drug-likeness (QED) is 0.289. The number of rotatable bonds is 3. The molecular weight excluding hydrogens is 298 g/mol. The van der Waals surface area contributed by atoms with Gasteiger partial charge in [-0.1, -0.05) is 5.11 Å². The SMILES string of the molecule is Cc1cn([C@@H]2O[C@H](CO)[C@@H](O)[C@H](N=[N+]=[N-])[C@H]2O)c(=O)[nH]c1=O. The molecule has 1 aliphatic rings. The summed E-state index contributed by atoms with van der Waals surface area (Å²) in [6.07, 6.45) is -4.31. The number of aromatic nitrogens is 2. The molecule has 11 heteroatoms. The van der Waals surface area contributed by atoms with Crippen LogP contribution in [0, 0.1) is 6.92 Å². The molecule has 1 aromatic rings. The van der Waals surface area contributed by atoms with Crippen molar-refractivity contribution in [1.29, 1.82) is 0 Å². The highest BCUT2D eigenvalue weighted by molar-refractivity contribution is 5.04. The van der Waals surface area contributed by atoms with E-state index in [9.17, 15) is 24.9 Å². The molecule has 1 aromatic heterocycles. The molecule has 1 saturated heterocycles. The maximum absolute atomic E-state index is 11.9. The van der Waals surface area contributed by atoms with Gasteiger partial charge < -0.3 is 20.1 Å². The molecular formula is C11H15N5O6. The molecule has 1 aliphatic heterocycles. The molecule has 1 fully saturated rings. The van der Waals surface area contributed by atoms with Crippen molar-refractivity contribution in [1.82, 2.24) is 9.55 Å². The Balaban J connectivity index is 2.49. The Labute approximate surface area is 123 Å². The van der Waals surface area contributed by atoms with Gasteiger partial charge in [0.2, 0.25) is 0 Å². The molecule has 0 unspecified atom stereocenters. The Morgan fingerprint density at radius 1 is 1.45 bits per heavy atom. The maximum Gasteiger partial charge on any atom is 0.330 e. The summed E-state index contributed by atoms with van der Waals surface area (Å²) in [6, 6.07) is -1.32. The lowest BCUT2D eigenvalue weighted by molar-refractivity contribution is -0.215. The van der Waals surface area contributed by atoms with Crippen molar-refractivity contribution in [2.75, 3.05) is 6.61 Å². The van der Waals surface area contributed by atoms with E-state index in [0.717, 1.165) is 4.57 Å². The number of ether oxygens (including phenoxy) is 1. The predicted molar refractivity (Wildman–Crippen MR) is 72.0 cm³/mol. The number of aliphatic hydroxyl groups is 3. The van der Waals surface area contributed by atoms with Gasteiger partial charge in [-0.3, -0.25) is 14.3 Å². The zero-order valence-corrected chi connectivity index (χ0v) is 11.5. The van der Waals surface area contributed by atoms with E-state index in [4.69, 9.17) is 10.3 Å². The lowest BCUT2D eigenvalue weighted by atomic mass is 9.96.